The first-order valence-corrected chi connectivity index (χ1v) is 9.15. The third-order valence-corrected chi connectivity index (χ3v) is 4.74. The number of methoxy groups -OCH3 is 2. The Balaban J connectivity index is 1.76. The molecule has 2 aromatic carbocycles. The van der Waals surface area contributed by atoms with E-state index in [-0.39, 0.29) is 5.91 Å². The van der Waals surface area contributed by atoms with Crippen molar-refractivity contribution < 1.29 is 19.0 Å². The number of ether oxygens (including phenoxy) is 3. The fourth-order valence-corrected chi connectivity index (χ4v) is 3.20. The number of hydrogen-bond acceptors (Lipinski definition) is 5. The van der Waals surface area contributed by atoms with Crippen LogP contribution in [0.5, 0.6) is 11.5 Å². The molecule has 3 rings (SSSR count). The van der Waals surface area contributed by atoms with Crippen molar-refractivity contribution in [3.8, 4) is 11.5 Å². The standard InChI is InChI=1S/C21H26N2O4/c1-4-15-13-19(25-2)20(26-3)14-18(15)21(24)22-16-5-7-17(8-6-16)23-9-11-27-12-10-23/h5-8,13-14H,4,9-12H2,1-3H3,(H,22,24). The zero-order valence-corrected chi connectivity index (χ0v) is 16.1. The maximum absolute atomic E-state index is 12.8. The van der Waals surface area contributed by atoms with Crippen molar-refractivity contribution in [2.24, 2.45) is 0 Å². The molecule has 1 heterocycles. The molecule has 0 aromatic heterocycles. The summed E-state index contributed by atoms with van der Waals surface area (Å²) in [6.07, 6.45) is 0.721. The summed E-state index contributed by atoms with van der Waals surface area (Å²) in [5.41, 5.74) is 3.40. The number of morpholine rings is 1. The molecule has 0 aliphatic carbocycles. The lowest BCUT2D eigenvalue weighted by molar-refractivity contribution is 0.102. The molecular weight excluding hydrogens is 344 g/mol. The van der Waals surface area contributed by atoms with E-state index in [2.05, 4.69) is 10.2 Å². The number of rotatable bonds is 6. The average molecular weight is 370 g/mol. The SMILES string of the molecule is CCc1cc(OC)c(OC)cc1C(=O)Nc1ccc(N2CCOCC2)cc1. The monoisotopic (exact) mass is 370 g/mol. The van der Waals surface area contributed by atoms with Crippen LogP contribution < -0.4 is 19.7 Å². The predicted molar refractivity (Wildman–Crippen MR) is 106 cm³/mol. The minimum absolute atomic E-state index is 0.160. The number of anilines is 2. The topological polar surface area (TPSA) is 60.0 Å². The van der Waals surface area contributed by atoms with Crippen LogP contribution in [0.1, 0.15) is 22.8 Å². The molecule has 0 atom stereocenters. The lowest BCUT2D eigenvalue weighted by Crippen LogP contribution is -2.36. The summed E-state index contributed by atoms with van der Waals surface area (Å²) in [6, 6.07) is 11.5. The van der Waals surface area contributed by atoms with Gasteiger partial charge in [-0.25, -0.2) is 0 Å². The van der Waals surface area contributed by atoms with Crippen molar-refractivity contribution in [2.75, 3.05) is 50.7 Å². The van der Waals surface area contributed by atoms with Crippen molar-refractivity contribution >= 4 is 17.3 Å². The van der Waals surface area contributed by atoms with Gasteiger partial charge in [0.05, 0.1) is 27.4 Å². The van der Waals surface area contributed by atoms with Crippen molar-refractivity contribution in [3.05, 3.63) is 47.5 Å². The van der Waals surface area contributed by atoms with Crippen molar-refractivity contribution in [3.63, 3.8) is 0 Å². The quantitative estimate of drug-likeness (QED) is 0.845. The van der Waals surface area contributed by atoms with Crippen LogP contribution in [0.3, 0.4) is 0 Å². The van der Waals surface area contributed by atoms with Crippen molar-refractivity contribution in [2.45, 2.75) is 13.3 Å². The summed E-state index contributed by atoms with van der Waals surface area (Å²) in [5, 5.41) is 2.97. The Hall–Kier alpha value is -2.73. The maximum Gasteiger partial charge on any atom is 0.256 e. The van der Waals surface area contributed by atoms with Gasteiger partial charge in [-0.2, -0.15) is 0 Å². The highest BCUT2D eigenvalue weighted by Crippen LogP contribution is 2.31. The number of carbonyl (C=O) groups is 1. The van der Waals surface area contributed by atoms with E-state index >= 15 is 0 Å². The van der Waals surface area contributed by atoms with E-state index in [1.807, 2.05) is 37.3 Å². The van der Waals surface area contributed by atoms with Crippen molar-refractivity contribution in [1.82, 2.24) is 0 Å². The molecular formula is C21H26N2O4. The Morgan fingerprint density at radius 2 is 1.70 bits per heavy atom. The number of carbonyl (C=O) groups excluding carboxylic acids is 1. The number of aryl methyl sites for hydroxylation is 1. The molecule has 0 bridgehead atoms. The van der Waals surface area contributed by atoms with Crippen molar-refractivity contribution in [1.29, 1.82) is 0 Å². The van der Waals surface area contributed by atoms with Gasteiger partial charge in [0.25, 0.3) is 5.91 Å². The molecule has 6 heteroatoms. The number of nitrogens with zero attached hydrogens (tertiary/aromatic N) is 1. The highest BCUT2D eigenvalue weighted by Gasteiger charge is 2.17. The Bertz CT molecular complexity index is 784. The fourth-order valence-electron chi connectivity index (χ4n) is 3.20. The van der Waals surface area contributed by atoms with E-state index in [0.29, 0.717) is 17.1 Å². The van der Waals surface area contributed by atoms with Gasteiger partial charge in [0.15, 0.2) is 11.5 Å². The summed E-state index contributed by atoms with van der Waals surface area (Å²) in [7, 11) is 3.16. The first-order chi connectivity index (χ1) is 13.2. The van der Waals surface area contributed by atoms with Gasteiger partial charge in [-0.3, -0.25) is 4.79 Å². The van der Waals surface area contributed by atoms with Gasteiger partial charge >= 0.3 is 0 Å². The molecule has 27 heavy (non-hydrogen) atoms. The Kier molecular flexibility index (Phi) is 6.19. The van der Waals surface area contributed by atoms with Gasteiger partial charge in [0, 0.05) is 30.0 Å². The molecule has 0 spiro atoms. The molecule has 1 saturated heterocycles. The molecule has 1 aliphatic heterocycles. The second-order valence-corrected chi connectivity index (χ2v) is 6.32. The minimum Gasteiger partial charge on any atom is -0.493 e. The number of nitrogens with one attached hydrogen (secondary N) is 1. The highest BCUT2D eigenvalue weighted by molar-refractivity contribution is 6.05. The van der Waals surface area contributed by atoms with Crippen LogP contribution in [0.2, 0.25) is 0 Å². The van der Waals surface area contributed by atoms with E-state index < -0.39 is 0 Å². The van der Waals surface area contributed by atoms with E-state index in [9.17, 15) is 4.79 Å². The van der Waals surface area contributed by atoms with Crippen LogP contribution in [-0.4, -0.2) is 46.4 Å². The van der Waals surface area contributed by atoms with Gasteiger partial charge < -0.3 is 24.4 Å². The minimum atomic E-state index is -0.160. The Morgan fingerprint density at radius 1 is 1.07 bits per heavy atom. The van der Waals surface area contributed by atoms with Gasteiger partial charge in [-0.15, -0.1) is 0 Å². The van der Waals surface area contributed by atoms with Gasteiger partial charge in [-0.1, -0.05) is 6.92 Å². The largest absolute Gasteiger partial charge is 0.493 e. The van der Waals surface area contributed by atoms with Crippen LogP contribution in [0.4, 0.5) is 11.4 Å². The molecule has 6 nitrogen and oxygen atoms in total. The predicted octanol–water partition coefficient (Wildman–Crippen LogP) is 3.36. The van der Waals surface area contributed by atoms with Crippen LogP contribution >= 0.6 is 0 Å². The number of amides is 1. The van der Waals surface area contributed by atoms with Gasteiger partial charge in [0.1, 0.15) is 0 Å². The number of benzene rings is 2. The molecule has 0 unspecified atom stereocenters. The third kappa shape index (κ3) is 4.34. The summed E-state index contributed by atoms with van der Waals surface area (Å²) < 4.78 is 16.1. The summed E-state index contributed by atoms with van der Waals surface area (Å²) in [6.45, 7) is 5.28. The van der Waals surface area contributed by atoms with E-state index in [1.54, 1.807) is 20.3 Å². The van der Waals surface area contributed by atoms with E-state index in [1.165, 1.54) is 0 Å². The summed E-state index contributed by atoms with van der Waals surface area (Å²) in [5.74, 6) is 1.01. The Labute approximate surface area is 160 Å². The molecule has 0 radical (unpaired) electrons. The second-order valence-electron chi connectivity index (χ2n) is 6.32. The van der Waals surface area contributed by atoms with Crippen LogP contribution in [0.15, 0.2) is 36.4 Å². The fraction of sp³-hybridized carbons (Fsp3) is 0.381. The molecule has 1 aliphatic rings. The smallest absolute Gasteiger partial charge is 0.256 e. The highest BCUT2D eigenvalue weighted by atomic mass is 16.5. The first-order valence-electron chi connectivity index (χ1n) is 9.15. The average Bonchev–Trinajstić information content (AvgIpc) is 2.73. The van der Waals surface area contributed by atoms with Crippen LogP contribution in [0, 0.1) is 0 Å². The van der Waals surface area contributed by atoms with E-state index in [0.717, 1.165) is 49.7 Å². The van der Waals surface area contributed by atoms with Crippen LogP contribution in [-0.2, 0) is 11.2 Å². The third-order valence-electron chi connectivity index (χ3n) is 4.74. The van der Waals surface area contributed by atoms with Gasteiger partial charge in [-0.05, 0) is 48.4 Å². The van der Waals surface area contributed by atoms with Crippen LogP contribution in [0.25, 0.3) is 0 Å². The molecule has 1 amide bonds. The summed E-state index contributed by atoms with van der Waals surface area (Å²) >= 11 is 0. The lowest BCUT2D eigenvalue weighted by Gasteiger charge is -2.28. The zero-order valence-electron chi connectivity index (χ0n) is 16.1. The second kappa shape index (κ2) is 8.77. The molecule has 144 valence electrons. The lowest BCUT2D eigenvalue weighted by atomic mass is 10.0. The Morgan fingerprint density at radius 3 is 2.30 bits per heavy atom. The molecule has 2 aromatic rings. The molecule has 0 saturated carbocycles. The first kappa shape index (κ1) is 19.0. The number of hydrogen-bond donors (Lipinski definition) is 1. The van der Waals surface area contributed by atoms with Gasteiger partial charge in [0.2, 0.25) is 0 Å². The molecule has 1 fully saturated rings. The normalized spacial score (nSPS) is 14.0. The maximum atomic E-state index is 12.8. The molecule has 1 N–H and O–H groups in total. The summed E-state index contributed by atoms with van der Waals surface area (Å²) in [4.78, 5) is 15.1. The zero-order chi connectivity index (χ0) is 19.2. The van der Waals surface area contributed by atoms with E-state index in [4.69, 9.17) is 14.2 Å².